The molecule has 0 amide bonds. The van der Waals surface area contributed by atoms with Gasteiger partial charge in [-0.3, -0.25) is 9.69 Å². The Morgan fingerprint density at radius 3 is 2.35 bits per heavy atom. The number of hydrogen-bond donors (Lipinski definition) is 0. The van der Waals surface area contributed by atoms with Crippen molar-refractivity contribution in [1.82, 2.24) is 4.90 Å². The largest absolute Gasteiger partial charge is 0.461 e. The molecule has 0 N–H and O–H groups in total. The highest BCUT2D eigenvalue weighted by atomic mass is 32.2. The van der Waals surface area contributed by atoms with Crippen molar-refractivity contribution >= 4 is 17.7 Å². The summed E-state index contributed by atoms with van der Waals surface area (Å²) in [5, 5.41) is 0.940. The molecule has 1 aromatic rings. The molecule has 0 aromatic heterocycles. The molecule has 4 aliphatic rings. The second kappa shape index (κ2) is 6.84. The highest BCUT2D eigenvalue weighted by molar-refractivity contribution is 8.00. The molecule has 1 aromatic carbocycles. The Morgan fingerprint density at radius 1 is 1.08 bits per heavy atom. The molecular weight excluding hydrogens is 346 g/mol. The van der Waals surface area contributed by atoms with Gasteiger partial charge in [0.1, 0.15) is 6.10 Å². The molecule has 5 heteroatoms. The van der Waals surface area contributed by atoms with Crippen LogP contribution in [0.3, 0.4) is 0 Å². The first-order valence-corrected chi connectivity index (χ1v) is 10.9. The maximum Gasteiger partial charge on any atom is 0.320 e. The van der Waals surface area contributed by atoms with Gasteiger partial charge in [-0.2, -0.15) is 0 Å². The Bertz CT molecular complexity index is 690. The maximum absolute atomic E-state index is 12.6. The van der Waals surface area contributed by atoms with Crippen molar-refractivity contribution in [2.24, 2.45) is 11.8 Å². The summed E-state index contributed by atoms with van der Waals surface area (Å²) in [5.74, 6) is 0.817. The number of esters is 1. The number of thioether (sulfide) groups is 1. The van der Waals surface area contributed by atoms with E-state index in [0.717, 1.165) is 25.9 Å². The number of carbonyl (C=O) groups excluding carboxylic acids is 1. The number of rotatable bonds is 4. The molecule has 6 atom stereocenters. The molecule has 1 saturated carbocycles. The number of methoxy groups -OCH3 is 1. The minimum Gasteiger partial charge on any atom is -0.461 e. The van der Waals surface area contributed by atoms with E-state index in [4.69, 9.17) is 9.47 Å². The van der Waals surface area contributed by atoms with Gasteiger partial charge in [-0.15, -0.1) is 11.8 Å². The van der Waals surface area contributed by atoms with Gasteiger partial charge in [0.05, 0.1) is 12.6 Å². The fourth-order valence-electron chi connectivity index (χ4n) is 5.67. The zero-order valence-electron chi connectivity index (χ0n) is 15.3. The lowest BCUT2D eigenvalue weighted by atomic mass is 9.66. The van der Waals surface area contributed by atoms with E-state index >= 15 is 0 Å². The van der Waals surface area contributed by atoms with Crippen LogP contribution in [0.4, 0.5) is 0 Å². The average molecular weight is 374 g/mol. The lowest BCUT2D eigenvalue weighted by molar-refractivity contribution is -0.160. The van der Waals surface area contributed by atoms with E-state index in [0.29, 0.717) is 28.9 Å². The zero-order valence-corrected chi connectivity index (χ0v) is 16.1. The van der Waals surface area contributed by atoms with E-state index in [2.05, 4.69) is 40.9 Å². The minimum atomic E-state index is -0.0347. The summed E-state index contributed by atoms with van der Waals surface area (Å²) in [6.07, 6.45) is 4.65. The molecular formula is C21H27NO3S. The third-order valence-electron chi connectivity index (χ3n) is 6.78. The van der Waals surface area contributed by atoms with E-state index in [1.54, 1.807) is 0 Å². The lowest BCUT2D eigenvalue weighted by Crippen LogP contribution is -2.46. The molecule has 0 radical (unpaired) electrons. The Balaban J connectivity index is 1.36. The highest BCUT2D eigenvalue weighted by Crippen LogP contribution is 2.70. The molecule has 3 fully saturated rings. The van der Waals surface area contributed by atoms with Crippen molar-refractivity contribution in [2.75, 3.05) is 26.7 Å². The van der Waals surface area contributed by atoms with Crippen molar-refractivity contribution in [3.63, 3.8) is 0 Å². The normalized spacial score (nSPS) is 38.2. The first-order chi connectivity index (χ1) is 12.8. The third kappa shape index (κ3) is 2.71. The van der Waals surface area contributed by atoms with Crippen molar-refractivity contribution in [2.45, 2.75) is 48.4 Å². The Kier molecular flexibility index (Phi) is 4.50. The van der Waals surface area contributed by atoms with Gasteiger partial charge in [0.2, 0.25) is 0 Å². The van der Waals surface area contributed by atoms with Gasteiger partial charge in [0, 0.05) is 29.4 Å². The first kappa shape index (κ1) is 17.1. The quantitative estimate of drug-likeness (QED) is 0.755. The number of carbonyl (C=O) groups is 1. The van der Waals surface area contributed by atoms with Crippen LogP contribution in [0.2, 0.25) is 0 Å². The summed E-state index contributed by atoms with van der Waals surface area (Å²) in [4.78, 5) is 14.8. The Hall–Kier alpha value is -1.04. The average Bonchev–Trinajstić information content (AvgIpc) is 3.38. The molecule has 140 valence electrons. The molecule has 2 unspecified atom stereocenters. The van der Waals surface area contributed by atoms with Crippen LogP contribution >= 0.6 is 11.8 Å². The fourth-order valence-corrected chi connectivity index (χ4v) is 7.79. The molecule has 0 spiro atoms. The van der Waals surface area contributed by atoms with E-state index in [-0.39, 0.29) is 18.2 Å². The molecule has 1 aliphatic carbocycles. The summed E-state index contributed by atoms with van der Waals surface area (Å²) < 4.78 is 11.9. The van der Waals surface area contributed by atoms with Crippen molar-refractivity contribution in [3.8, 4) is 0 Å². The number of hydrogen-bond acceptors (Lipinski definition) is 5. The summed E-state index contributed by atoms with van der Waals surface area (Å²) >= 11 is 2.07. The van der Waals surface area contributed by atoms with Gasteiger partial charge in [0.25, 0.3) is 0 Å². The van der Waals surface area contributed by atoms with Crippen LogP contribution in [0, 0.1) is 11.8 Å². The standard InChI is InChI=1S/C21H27NO3S/c1-24-15-8-9-16(25-17(23)12-22-10-4-5-11-22)19-18(15)20-13-6-2-3-7-14(13)21(19)26-20/h2-3,6-7,15-16,18-21H,4-5,8-12H2,1H3/t15-,16+,18?,19?,20+,21-/m1/s1. The maximum atomic E-state index is 12.6. The Labute approximate surface area is 159 Å². The van der Waals surface area contributed by atoms with Crippen molar-refractivity contribution < 1.29 is 14.3 Å². The molecule has 3 heterocycles. The first-order valence-electron chi connectivity index (χ1n) is 9.95. The monoisotopic (exact) mass is 373 g/mol. The van der Waals surface area contributed by atoms with Crippen LogP contribution < -0.4 is 0 Å². The number of likely N-dealkylation sites (tertiary alicyclic amines) is 1. The minimum absolute atomic E-state index is 0.0347. The zero-order chi connectivity index (χ0) is 17.7. The van der Waals surface area contributed by atoms with Crippen LogP contribution in [0.1, 0.15) is 47.3 Å². The molecule has 3 aliphatic heterocycles. The van der Waals surface area contributed by atoms with Gasteiger partial charge in [-0.1, -0.05) is 24.3 Å². The fraction of sp³-hybridized carbons (Fsp3) is 0.667. The van der Waals surface area contributed by atoms with E-state index < -0.39 is 0 Å². The van der Waals surface area contributed by atoms with Gasteiger partial charge < -0.3 is 9.47 Å². The van der Waals surface area contributed by atoms with Crippen LogP contribution in [0.25, 0.3) is 0 Å². The molecule has 5 rings (SSSR count). The molecule has 4 nitrogen and oxygen atoms in total. The highest BCUT2D eigenvalue weighted by Gasteiger charge is 2.59. The Morgan fingerprint density at radius 2 is 1.69 bits per heavy atom. The number of nitrogens with zero attached hydrogens (tertiary/aromatic N) is 1. The second-order valence-corrected chi connectivity index (χ2v) is 9.41. The summed E-state index contributed by atoms with van der Waals surface area (Å²) in [5.41, 5.74) is 2.94. The predicted octanol–water partition coefficient (Wildman–Crippen LogP) is 3.58. The lowest BCUT2D eigenvalue weighted by Gasteiger charge is -2.44. The third-order valence-corrected chi connectivity index (χ3v) is 8.50. The summed E-state index contributed by atoms with van der Waals surface area (Å²) in [6.45, 7) is 2.52. The summed E-state index contributed by atoms with van der Waals surface area (Å²) in [7, 11) is 1.84. The predicted molar refractivity (Wildman–Crippen MR) is 102 cm³/mol. The topological polar surface area (TPSA) is 38.8 Å². The van der Waals surface area contributed by atoms with Crippen LogP contribution in [-0.2, 0) is 14.3 Å². The van der Waals surface area contributed by atoms with Crippen molar-refractivity contribution in [1.29, 1.82) is 0 Å². The second-order valence-electron chi connectivity index (χ2n) is 8.12. The smallest absolute Gasteiger partial charge is 0.320 e. The number of fused-ring (bicyclic) bond motifs is 8. The number of ether oxygens (including phenoxy) is 2. The van der Waals surface area contributed by atoms with E-state index in [9.17, 15) is 4.79 Å². The van der Waals surface area contributed by atoms with Gasteiger partial charge in [-0.05, 0) is 49.9 Å². The van der Waals surface area contributed by atoms with Gasteiger partial charge in [-0.25, -0.2) is 0 Å². The van der Waals surface area contributed by atoms with Crippen LogP contribution in [-0.4, -0.2) is 49.8 Å². The van der Waals surface area contributed by atoms with E-state index in [1.165, 1.54) is 24.0 Å². The van der Waals surface area contributed by atoms with E-state index in [1.807, 2.05) is 7.11 Å². The van der Waals surface area contributed by atoms with Gasteiger partial charge >= 0.3 is 5.97 Å². The molecule has 26 heavy (non-hydrogen) atoms. The molecule has 2 bridgehead atoms. The number of benzene rings is 1. The SMILES string of the molecule is CO[C@@H]1CC[C@H](OC(=O)CN2CCCC2)C2C1[C@H]1S[C@@H]2c2ccccc21. The summed E-state index contributed by atoms with van der Waals surface area (Å²) in [6, 6.07) is 8.83. The van der Waals surface area contributed by atoms with Crippen LogP contribution in [0.5, 0.6) is 0 Å². The van der Waals surface area contributed by atoms with Crippen LogP contribution in [0.15, 0.2) is 24.3 Å². The van der Waals surface area contributed by atoms with Gasteiger partial charge in [0.15, 0.2) is 0 Å². The molecule has 2 saturated heterocycles. The van der Waals surface area contributed by atoms with Crippen molar-refractivity contribution in [3.05, 3.63) is 35.4 Å².